The molecule has 6 nitrogen and oxygen atoms in total. The van der Waals surface area contributed by atoms with Crippen LogP contribution in [0.2, 0.25) is 0 Å². The van der Waals surface area contributed by atoms with Gasteiger partial charge in [-0.2, -0.15) is 0 Å². The molecule has 1 aromatic heterocycles. The van der Waals surface area contributed by atoms with Gasteiger partial charge in [-0.15, -0.1) is 0 Å². The van der Waals surface area contributed by atoms with Gasteiger partial charge in [-0.3, -0.25) is 9.36 Å². The first kappa shape index (κ1) is 22.7. The van der Waals surface area contributed by atoms with Crippen molar-refractivity contribution < 1.29 is 13.9 Å². The Kier molecular flexibility index (Phi) is 7.42. The van der Waals surface area contributed by atoms with E-state index in [4.69, 9.17) is 9.47 Å². The lowest BCUT2D eigenvalue weighted by Gasteiger charge is -2.17. The van der Waals surface area contributed by atoms with Crippen LogP contribution in [0.1, 0.15) is 25.1 Å². The van der Waals surface area contributed by atoms with Crippen LogP contribution >= 0.6 is 15.9 Å². The van der Waals surface area contributed by atoms with Crippen molar-refractivity contribution in [2.75, 3.05) is 39.5 Å². The maximum atomic E-state index is 13.3. The fraction of sp³-hybridized carbons (Fsp3) is 0.417. The zero-order valence-electron chi connectivity index (χ0n) is 18.2. The van der Waals surface area contributed by atoms with Crippen LogP contribution in [0.3, 0.4) is 0 Å². The second kappa shape index (κ2) is 10.4. The first-order valence-corrected chi connectivity index (χ1v) is 11.7. The number of ether oxygens (including phenoxy) is 2. The Morgan fingerprint density at radius 2 is 1.91 bits per heavy atom. The van der Waals surface area contributed by atoms with Crippen molar-refractivity contribution in [1.82, 2.24) is 14.5 Å². The molecule has 8 heteroatoms. The van der Waals surface area contributed by atoms with Gasteiger partial charge >= 0.3 is 0 Å². The number of alkyl halides is 1. The van der Waals surface area contributed by atoms with Gasteiger partial charge in [0.05, 0.1) is 23.2 Å². The Bertz CT molecular complexity index is 1150. The van der Waals surface area contributed by atoms with Crippen LogP contribution in [-0.2, 0) is 0 Å². The van der Waals surface area contributed by atoms with Crippen LogP contribution in [0.25, 0.3) is 16.6 Å². The monoisotopic (exact) mass is 503 g/mol. The SMILES string of the molecule is Cc1nc2ccc(Br)cc2c(=O)n1-c1ccc(OCCCN2CCCC2)cc1OCCF. The van der Waals surface area contributed by atoms with E-state index in [1.54, 1.807) is 31.2 Å². The van der Waals surface area contributed by atoms with Crippen molar-refractivity contribution in [3.05, 3.63) is 57.0 Å². The van der Waals surface area contributed by atoms with Gasteiger partial charge < -0.3 is 14.4 Å². The van der Waals surface area contributed by atoms with Gasteiger partial charge in [0.25, 0.3) is 5.56 Å². The maximum Gasteiger partial charge on any atom is 0.266 e. The molecule has 1 saturated heterocycles. The molecule has 0 saturated carbocycles. The van der Waals surface area contributed by atoms with Crippen LogP contribution in [0.4, 0.5) is 4.39 Å². The molecule has 0 unspecified atom stereocenters. The number of fused-ring (bicyclic) bond motifs is 1. The van der Waals surface area contributed by atoms with Crippen molar-refractivity contribution in [3.63, 3.8) is 0 Å². The number of hydrogen-bond acceptors (Lipinski definition) is 5. The number of hydrogen-bond donors (Lipinski definition) is 0. The minimum absolute atomic E-state index is 0.105. The molecule has 0 atom stereocenters. The molecular formula is C24H27BrFN3O3. The summed E-state index contributed by atoms with van der Waals surface area (Å²) in [7, 11) is 0. The Hall–Kier alpha value is -2.45. The summed E-state index contributed by atoms with van der Waals surface area (Å²) in [6.07, 6.45) is 3.48. The Labute approximate surface area is 195 Å². The molecule has 0 bridgehead atoms. The van der Waals surface area contributed by atoms with Crippen molar-refractivity contribution in [2.45, 2.75) is 26.2 Å². The zero-order chi connectivity index (χ0) is 22.5. The minimum atomic E-state index is -0.628. The second-order valence-electron chi connectivity index (χ2n) is 7.88. The summed E-state index contributed by atoms with van der Waals surface area (Å²) in [6.45, 7) is 4.98. The van der Waals surface area contributed by atoms with E-state index in [0.29, 0.717) is 40.5 Å². The normalized spacial score (nSPS) is 14.2. The van der Waals surface area contributed by atoms with Gasteiger partial charge in [0.15, 0.2) is 0 Å². The average Bonchev–Trinajstić information content (AvgIpc) is 3.30. The molecule has 2 aromatic carbocycles. The highest BCUT2D eigenvalue weighted by atomic mass is 79.9. The van der Waals surface area contributed by atoms with E-state index < -0.39 is 6.67 Å². The average molecular weight is 504 g/mol. The van der Waals surface area contributed by atoms with Gasteiger partial charge in [-0.05, 0) is 69.6 Å². The summed E-state index contributed by atoms with van der Waals surface area (Å²) in [4.78, 5) is 20.3. The summed E-state index contributed by atoms with van der Waals surface area (Å²) in [5, 5.41) is 0.489. The molecule has 170 valence electrons. The highest BCUT2D eigenvalue weighted by Gasteiger charge is 2.16. The van der Waals surface area contributed by atoms with E-state index in [2.05, 4.69) is 25.8 Å². The predicted octanol–water partition coefficient (Wildman–Crippen LogP) is 4.67. The largest absolute Gasteiger partial charge is 0.493 e. The molecule has 2 heterocycles. The number of likely N-dealkylation sites (tertiary alicyclic amines) is 1. The second-order valence-corrected chi connectivity index (χ2v) is 8.79. The van der Waals surface area contributed by atoms with Crippen LogP contribution in [0, 0.1) is 6.92 Å². The first-order valence-electron chi connectivity index (χ1n) is 10.9. The van der Waals surface area contributed by atoms with E-state index >= 15 is 0 Å². The topological polar surface area (TPSA) is 56.6 Å². The highest BCUT2D eigenvalue weighted by molar-refractivity contribution is 9.10. The summed E-state index contributed by atoms with van der Waals surface area (Å²) < 4.78 is 26.7. The zero-order valence-corrected chi connectivity index (χ0v) is 19.7. The lowest BCUT2D eigenvalue weighted by Crippen LogP contribution is -2.23. The van der Waals surface area contributed by atoms with Crippen LogP contribution in [0.15, 0.2) is 45.7 Å². The molecular weight excluding hydrogens is 477 g/mol. The standard InChI is InChI=1S/C24H27BrFN3O3/c1-17-27-21-7-5-18(25)15-20(21)24(30)29(17)22-8-6-19(16-23(22)32-14-9-26)31-13-4-12-28-10-2-3-11-28/h5-8,15-16H,2-4,9-14H2,1H3. The smallest absolute Gasteiger partial charge is 0.266 e. The van der Waals surface area contributed by atoms with Gasteiger partial charge in [0, 0.05) is 17.1 Å². The van der Waals surface area contributed by atoms with Crippen LogP contribution < -0.4 is 15.0 Å². The quantitative estimate of drug-likeness (QED) is 0.397. The van der Waals surface area contributed by atoms with E-state index in [1.807, 2.05) is 12.1 Å². The van der Waals surface area contributed by atoms with Crippen LogP contribution in [0.5, 0.6) is 11.5 Å². The number of aromatic nitrogens is 2. The maximum absolute atomic E-state index is 13.3. The molecule has 0 radical (unpaired) electrons. The van der Waals surface area contributed by atoms with Gasteiger partial charge in [-0.1, -0.05) is 15.9 Å². The van der Waals surface area contributed by atoms with Crippen molar-refractivity contribution in [1.29, 1.82) is 0 Å². The number of benzene rings is 2. The summed E-state index contributed by atoms with van der Waals surface area (Å²) in [5.74, 6) is 1.54. The molecule has 0 N–H and O–H groups in total. The summed E-state index contributed by atoms with van der Waals surface area (Å²) in [5.41, 5.74) is 0.925. The minimum Gasteiger partial charge on any atom is -0.493 e. The molecule has 1 aliphatic heterocycles. The fourth-order valence-corrected chi connectivity index (χ4v) is 4.43. The molecule has 4 rings (SSSR count). The van der Waals surface area contributed by atoms with Crippen LogP contribution in [-0.4, -0.2) is 54.0 Å². The first-order chi connectivity index (χ1) is 15.6. The summed E-state index contributed by atoms with van der Waals surface area (Å²) in [6, 6.07) is 10.7. The number of rotatable bonds is 9. The van der Waals surface area contributed by atoms with Crippen molar-refractivity contribution in [3.8, 4) is 17.2 Å². The van der Waals surface area contributed by atoms with E-state index in [1.165, 1.54) is 30.5 Å². The molecule has 1 aliphatic rings. The third kappa shape index (κ3) is 5.13. The number of aryl methyl sites for hydroxylation is 1. The lowest BCUT2D eigenvalue weighted by molar-refractivity contribution is 0.257. The number of nitrogens with zero attached hydrogens (tertiary/aromatic N) is 3. The third-order valence-electron chi connectivity index (χ3n) is 5.59. The molecule has 0 aliphatic carbocycles. The molecule has 1 fully saturated rings. The van der Waals surface area contributed by atoms with E-state index in [-0.39, 0.29) is 12.2 Å². The fourth-order valence-electron chi connectivity index (χ4n) is 4.07. The molecule has 32 heavy (non-hydrogen) atoms. The Balaban J connectivity index is 1.61. The van der Waals surface area contributed by atoms with Crippen molar-refractivity contribution >= 4 is 26.8 Å². The predicted molar refractivity (Wildman–Crippen MR) is 127 cm³/mol. The number of halogens is 2. The van der Waals surface area contributed by atoms with Gasteiger partial charge in [0.2, 0.25) is 0 Å². The molecule has 0 spiro atoms. The van der Waals surface area contributed by atoms with Gasteiger partial charge in [-0.25, -0.2) is 9.37 Å². The lowest BCUT2D eigenvalue weighted by atomic mass is 10.2. The molecule has 0 amide bonds. The highest BCUT2D eigenvalue weighted by Crippen LogP contribution is 2.29. The van der Waals surface area contributed by atoms with Crippen molar-refractivity contribution in [2.24, 2.45) is 0 Å². The Morgan fingerprint density at radius 1 is 1.09 bits per heavy atom. The molecule has 3 aromatic rings. The summed E-state index contributed by atoms with van der Waals surface area (Å²) >= 11 is 3.41. The van der Waals surface area contributed by atoms with E-state index in [9.17, 15) is 9.18 Å². The van der Waals surface area contributed by atoms with Gasteiger partial charge in [0.1, 0.15) is 30.6 Å². The van der Waals surface area contributed by atoms with E-state index in [0.717, 1.165) is 17.4 Å². The third-order valence-corrected chi connectivity index (χ3v) is 6.08. The Morgan fingerprint density at radius 3 is 2.69 bits per heavy atom.